The molecule has 16 heavy (non-hydrogen) atoms. The molecule has 0 spiro atoms. The summed E-state index contributed by atoms with van der Waals surface area (Å²) in [6.07, 6.45) is 4.63. The van der Waals surface area contributed by atoms with Crippen molar-refractivity contribution in [3.8, 4) is 0 Å². The molecule has 1 aliphatic carbocycles. The third-order valence-corrected chi connectivity index (χ3v) is 3.33. The molecule has 0 fully saturated rings. The number of fused-ring (bicyclic) bond motifs is 1. The molecule has 0 saturated carbocycles. The first-order chi connectivity index (χ1) is 7.52. The first-order valence-corrected chi connectivity index (χ1v) is 6.16. The van der Waals surface area contributed by atoms with Crippen molar-refractivity contribution in [3.05, 3.63) is 11.4 Å². The van der Waals surface area contributed by atoms with Crippen molar-refractivity contribution in [2.24, 2.45) is 0 Å². The van der Waals surface area contributed by atoms with Crippen molar-refractivity contribution in [2.75, 3.05) is 0 Å². The van der Waals surface area contributed by atoms with Crippen LogP contribution in [0.5, 0.6) is 0 Å². The predicted octanol–water partition coefficient (Wildman–Crippen LogP) is 3.16. The predicted molar refractivity (Wildman–Crippen MR) is 61.0 cm³/mol. The quantitative estimate of drug-likeness (QED) is 0.735. The number of alkyl halides is 1. The highest BCUT2D eigenvalue weighted by atomic mass is 19.1. The van der Waals surface area contributed by atoms with Gasteiger partial charge in [-0.2, -0.15) is 0 Å². The van der Waals surface area contributed by atoms with Gasteiger partial charge in [-0.3, -0.25) is 0 Å². The molecule has 3 nitrogen and oxygen atoms in total. The monoisotopic (exact) mass is 225 g/mol. The Morgan fingerprint density at radius 1 is 1.31 bits per heavy atom. The van der Waals surface area contributed by atoms with Crippen LogP contribution in [0.1, 0.15) is 63.9 Å². The molecule has 0 aliphatic heterocycles. The average Bonchev–Trinajstić information content (AvgIpc) is 2.59. The van der Waals surface area contributed by atoms with Crippen molar-refractivity contribution >= 4 is 0 Å². The summed E-state index contributed by atoms with van der Waals surface area (Å²) in [5.41, 5.74) is 0.267. The Hall–Kier alpha value is -0.930. The van der Waals surface area contributed by atoms with E-state index in [4.69, 9.17) is 0 Å². The second-order valence-corrected chi connectivity index (χ2v) is 5.18. The fourth-order valence-corrected chi connectivity index (χ4v) is 2.41. The highest BCUT2D eigenvalue weighted by molar-refractivity contribution is 5.19. The first-order valence-electron chi connectivity index (χ1n) is 6.16. The second kappa shape index (κ2) is 4.15. The summed E-state index contributed by atoms with van der Waals surface area (Å²) >= 11 is 0. The van der Waals surface area contributed by atoms with Gasteiger partial charge in [-0.05, 0) is 46.5 Å². The van der Waals surface area contributed by atoms with Crippen LogP contribution in [0.2, 0.25) is 0 Å². The molecular weight excluding hydrogens is 205 g/mol. The highest BCUT2D eigenvalue weighted by Gasteiger charge is 2.34. The van der Waals surface area contributed by atoms with E-state index >= 15 is 0 Å². The smallest absolute Gasteiger partial charge is 0.153 e. The van der Waals surface area contributed by atoms with Crippen LogP contribution in [0, 0.1) is 0 Å². The number of nitrogens with zero attached hydrogens (tertiary/aromatic N) is 3. The Kier molecular flexibility index (Phi) is 3.00. The summed E-state index contributed by atoms with van der Waals surface area (Å²) in [7, 11) is 0. The van der Waals surface area contributed by atoms with E-state index in [1.807, 2.05) is 4.68 Å². The van der Waals surface area contributed by atoms with Gasteiger partial charge in [0.2, 0.25) is 0 Å². The average molecular weight is 225 g/mol. The minimum absolute atomic E-state index is 0.256. The van der Waals surface area contributed by atoms with Gasteiger partial charge in [0, 0.05) is 6.04 Å². The van der Waals surface area contributed by atoms with Crippen LogP contribution in [0.4, 0.5) is 4.39 Å². The van der Waals surface area contributed by atoms with Crippen LogP contribution in [-0.2, 0) is 12.1 Å². The largest absolute Gasteiger partial charge is 0.247 e. The number of rotatable bonds is 1. The van der Waals surface area contributed by atoms with E-state index in [0.29, 0.717) is 12.1 Å². The van der Waals surface area contributed by atoms with Crippen molar-refractivity contribution in [3.63, 3.8) is 0 Å². The zero-order valence-electron chi connectivity index (χ0n) is 10.3. The molecule has 0 radical (unpaired) electrons. The number of hydrogen-bond acceptors (Lipinski definition) is 2. The maximum absolute atomic E-state index is 14.5. The third-order valence-electron chi connectivity index (χ3n) is 3.33. The van der Waals surface area contributed by atoms with Crippen LogP contribution in [0.3, 0.4) is 0 Å². The summed E-state index contributed by atoms with van der Waals surface area (Å²) in [6, 6.07) is 0.256. The molecule has 4 heteroatoms. The van der Waals surface area contributed by atoms with E-state index in [2.05, 4.69) is 24.2 Å². The fraction of sp³-hybridized carbons (Fsp3) is 0.833. The Morgan fingerprint density at radius 2 is 2.06 bits per heavy atom. The molecule has 1 aromatic heterocycles. The van der Waals surface area contributed by atoms with Crippen molar-refractivity contribution in [2.45, 2.75) is 64.6 Å². The maximum atomic E-state index is 14.5. The number of hydrogen-bond donors (Lipinski definition) is 0. The van der Waals surface area contributed by atoms with Gasteiger partial charge >= 0.3 is 0 Å². The van der Waals surface area contributed by atoms with Gasteiger partial charge in [0.15, 0.2) is 5.67 Å². The highest BCUT2D eigenvalue weighted by Crippen LogP contribution is 2.35. The lowest BCUT2D eigenvalue weighted by atomic mass is 9.90. The molecule has 0 bridgehead atoms. The molecule has 1 aromatic rings. The van der Waals surface area contributed by atoms with Gasteiger partial charge in [-0.15, -0.1) is 5.10 Å². The van der Waals surface area contributed by atoms with Crippen LogP contribution in [0.15, 0.2) is 0 Å². The van der Waals surface area contributed by atoms with Gasteiger partial charge in [0.05, 0.1) is 5.69 Å². The molecule has 90 valence electrons. The van der Waals surface area contributed by atoms with Gasteiger partial charge in [0.1, 0.15) is 5.69 Å². The summed E-state index contributed by atoms with van der Waals surface area (Å²) < 4.78 is 16.3. The Balaban J connectivity index is 2.44. The fourth-order valence-electron chi connectivity index (χ4n) is 2.41. The Bertz CT molecular complexity index is 368. The molecule has 0 saturated heterocycles. The second-order valence-electron chi connectivity index (χ2n) is 5.18. The van der Waals surface area contributed by atoms with Crippen LogP contribution >= 0.6 is 0 Å². The van der Waals surface area contributed by atoms with E-state index < -0.39 is 5.67 Å². The zero-order chi connectivity index (χ0) is 11.8. The lowest BCUT2D eigenvalue weighted by Gasteiger charge is -2.22. The van der Waals surface area contributed by atoms with E-state index in [1.165, 1.54) is 0 Å². The summed E-state index contributed by atoms with van der Waals surface area (Å²) in [5.74, 6) is 0. The molecule has 1 atom stereocenters. The van der Waals surface area contributed by atoms with Gasteiger partial charge in [-0.1, -0.05) is 11.6 Å². The Labute approximate surface area is 96.0 Å². The molecule has 0 aromatic carbocycles. The molecule has 1 aliphatic rings. The Morgan fingerprint density at radius 3 is 2.75 bits per heavy atom. The van der Waals surface area contributed by atoms with Crippen molar-refractivity contribution < 1.29 is 4.39 Å². The lowest BCUT2D eigenvalue weighted by molar-refractivity contribution is 0.160. The van der Waals surface area contributed by atoms with Crippen LogP contribution < -0.4 is 0 Å². The molecule has 2 rings (SSSR count). The van der Waals surface area contributed by atoms with Gasteiger partial charge in [-0.25, -0.2) is 9.07 Å². The summed E-state index contributed by atoms with van der Waals surface area (Å²) in [5, 5.41) is 8.17. The van der Waals surface area contributed by atoms with Crippen molar-refractivity contribution in [1.82, 2.24) is 15.0 Å². The lowest BCUT2D eigenvalue weighted by Crippen LogP contribution is -2.21. The van der Waals surface area contributed by atoms with Gasteiger partial charge < -0.3 is 0 Å². The molecule has 1 heterocycles. The molecule has 0 amide bonds. The molecule has 0 N–H and O–H groups in total. The topological polar surface area (TPSA) is 30.7 Å². The first kappa shape index (κ1) is 11.6. The SMILES string of the molecule is CC(C)n1nnc2c1CCCCCC2(C)F. The third kappa shape index (κ3) is 1.97. The van der Waals surface area contributed by atoms with E-state index in [0.717, 1.165) is 31.4 Å². The number of halogens is 1. The zero-order valence-corrected chi connectivity index (χ0v) is 10.3. The van der Waals surface area contributed by atoms with Crippen LogP contribution in [0.25, 0.3) is 0 Å². The van der Waals surface area contributed by atoms with E-state index in [-0.39, 0.29) is 6.04 Å². The minimum Gasteiger partial charge on any atom is -0.247 e. The normalized spacial score (nSPS) is 26.3. The van der Waals surface area contributed by atoms with Crippen molar-refractivity contribution in [1.29, 1.82) is 0 Å². The van der Waals surface area contributed by atoms with E-state index in [1.54, 1.807) is 6.92 Å². The standard InChI is InChI=1S/C12H20FN3/c1-9(2)16-10-7-5-4-6-8-12(3,13)11(10)14-15-16/h9H,4-8H2,1-3H3. The molecule has 1 unspecified atom stereocenters. The number of aromatic nitrogens is 3. The summed E-state index contributed by atoms with van der Waals surface area (Å²) in [4.78, 5) is 0. The van der Waals surface area contributed by atoms with E-state index in [9.17, 15) is 4.39 Å². The summed E-state index contributed by atoms with van der Waals surface area (Å²) in [6.45, 7) is 5.75. The van der Waals surface area contributed by atoms with Gasteiger partial charge in [0.25, 0.3) is 0 Å². The molecular formula is C12H20FN3. The minimum atomic E-state index is -1.30. The maximum Gasteiger partial charge on any atom is 0.153 e. The van der Waals surface area contributed by atoms with Crippen LogP contribution in [-0.4, -0.2) is 15.0 Å².